The summed E-state index contributed by atoms with van der Waals surface area (Å²) in [5.74, 6) is 0.653. The zero-order chi connectivity index (χ0) is 12.8. The summed E-state index contributed by atoms with van der Waals surface area (Å²) in [5, 5.41) is 17.7. The molecule has 3 heteroatoms. The van der Waals surface area contributed by atoms with Gasteiger partial charge in [-0.2, -0.15) is 0 Å². The fraction of sp³-hybridized carbons (Fsp3) is 0.143. The lowest BCUT2D eigenvalue weighted by Gasteiger charge is -1.95. The first kappa shape index (κ1) is 13.6. The number of rotatable bonds is 0. The number of benzene rings is 2. The number of aromatic hydroxyl groups is 2. The lowest BCUT2D eigenvalue weighted by Crippen LogP contribution is -1.72. The van der Waals surface area contributed by atoms with E-state index in [1.165, 1.54) is 0 Å². The second kappa shape index (κ2) is 6.30. The van der Waals surface area contributed by atoms with Crippen molar-refractivity contribution in [1.82, 2.24) is 0 Å². The highest BCUT2D eigenvalue weighted by atomic mass is 79.9. The van der Waals surface area contributed by atoms with Crippen LogP contribution in [0.3, 0.4) is 0 Å². The van der Waals surface area contributed by atoms with E-state index in [1.54, 1.807) is 24.3 Å². The highest BCUT2D eigenvalue weighted by molar-refractivity contribution is 9.10. The average molecular weight is 295 g/mol. The maximum Gasteiger partial charge on any atom is 0.115 e. The van der Waals surface area contributed by atoms with Crippen LogP contribution in [0.25, 0.3) is 0 Å². The monoisotopic (exact) mass is 294 g/mol. The van der Waals surface area contributed by atoms with Crippen LogP contribution in [0.15, 0.2) is 46.9 Å². The summed E-state index contributed by atoms with van der Waals surface area (Å²) in [6.45, 7) is 3.88. The Morgan fingerprint density at radius 2 is 1.53 bits per heavy atom. The van der Waals surface area contributed by atoms with Gasteiger partial charge in [-0.05, 0) is 55.3 Å². The molecular weight excluding hydrogens is 280 g/mol. The first-order valence-corrected chi connectivity index (χ1v) is 5.99. The smallest absolute Gasteiger partial charge is 0.115 e. The maximum atomic E-state index is 8.92. The zero-order valence-corrected chi connectivity index (χ0v) is 11.4. The molecule has 0 saturated carbocycles. The van der Waals surface area contributed by atoms with Gasteiger partial charge >= 0.3 is 0 Å². The summed E-state index contributed by atoms with van der Waals surface area (Å²) in [5.41, 5.74) is 2.14. The minimum absolute atomic E-state index is 0.315. The quantitative estimate of drug-likeness (QED) is 0.766. The maximum absolute atomic E-state index is 8.92. The Morgan fingerprint density at radius 3 is 1.94 bits per heavy atom. The van der Waals surface area contributed by atoms with Crippen LogP contribution >= 0.6 is 15.9 Å². The number of phenols is 2. The van der Waals surface area contributed by atoms with Crippen molar-refractivity contribution in [2.24, 2.45) is 0 Å². The Bertz CT molecular complexity index is 478. The second-order valence-electron chi connectivity index (χ2n) is 3.77. The molecule has 0 fully saturated rings. The van der Waals surface area contributed by atoms with Gasteiger partial charge in [-0.3, -0.25) is 0 Å². The van der Waals surface area contributed by atoms with E-state index in [2.05, 4.69) is 15.9 Å². The van der Waals surface area contributed by atoms with Gasteiger partial charge < -0.3 is 10.2 Å². The molecule has 2 N–H and O–H groups in total. The van der Waals surface area contributed by atoms with Gasteiger partial charge in [-0.25, -0.2) is 0 Å². The number of phenolic OH excluding ortho intramolecular Hbond substituents is 2. The van der Waals surface area contributed by atoms with Crippen molar-refractivity contribution in [3.8, 4) is 11.5 Å². The lowest BCUT2D eigenvalue weighted by atomic mass is 10.2. The number of halogens is 1. The van der Waals surface area contributed by atoms with Crippen LogP contribution in [0.4, 0.5) is 0 Å². The Morgan fingerprint density at radius 1 is 0.882 bits per heavy atom. The average Bonchev–Trinajstić information content (AvgIpc) is 2.24. The van der Waals surface area contributed by atoms with Crippen LogP contribution in [0.1, 0.15) is 11.1 Å². The Kier molecular flexibility index (Phi) is 5.04. The van der Waals surface area contributed by atoms with Gasteiger partial charge in [0.2, 0.25) is 0 Å². The fourth-order valence-electron chi connectivity index (χ4n) is 1.26. The van der Waals surface area contributed by atoms with Gasteiger partial charge in [-0.1, -0.05) is 28.1 Å². The predicted octanol–water partition coefficient (Wildman–Crippen LogP) is 4.16. The van der Waals surface area contributed by atoms with Crippen LogP contribution in [-0.4, -0.2) is 10.2 Å². The van der Waals surface area contributed by atoms with Crippen molar-refractivity contribution < 1.29 is 10.2 Å². The predicted molar refractivity (Wildman–Crippen MR) is 73.4 cm³/mol. The van der Waals surface area contributed by atoms with Crippen LogP contribution in [0.2, 0.25) is 0 Å². The molecule has 0 aliphatic carbocycles. The molecule has 2 aromatic carbocycles. The van der Waals surface area contributed by atoms with E-state index in [1.807, 2.05) is 32.0 Å². The molecule has 0 heterocycles. The van der Waals surface area contributed by atoms with Crippen molar-refractivity contribution in [2.45, 2.75) is 13.8 Å². The Hall–Kier alpha value is -1.48. The molecule has 0 saturated heterocycles. The lowest BCUT2D eigenvalue weighted by molar-refractivity contribution is 0.474. The summed E-state index contributed by atoms with van der Waals surface area (Å²) < 4.78 is 1.03. The molecule has 0 amide bonds. The number of hydrogen-bond donors (Lipinski definition) is 2. The van der Waals surface area contributed by atoms with Crippen LogP contribution in [0.5, 0.6) is 11.5 Å². The first-order chi connectivity index (χ1) is 7.99. The van der Waals surface area contributed by atoms with Gasteiger partial charge in [0.05, 0.1) is 0 Å². The summed E-state index contributed by atoms with van der Waals surface area (Å²) in [6, 6.07) is 12.3. The van der Waals surface area contributed by atoms with E-state index in [0.29, 0.717) is 11.5 Å². The molecular formula is C14H15BrO2. The zero-order valence-electron chi connectivity index (χ0n) is 9.81. The van der Waals surface area contributed by atoms with E-state index >= 15 is 0 Å². The third kappa shape index (κ3) is 4.91. The normalized spacial score (nSPS) is 9.35. The van der Waals surface area contributed by atoms with Gasteiger partial charge in [0.15, 0.2) is 0 Å². The van der Waals surface area contributed by atoms with Crippen molar-refractivity contribution in [1.29, 1.82) is 0 Å². The molecule has 0 unspecified atom stereocenters. The summed E-state index contributed by atoms with van der Waals surface area (Å²) >= 11 is 3.32. The second-order valence-corrected chi connectivity index (χ2v) is 4.63. The van der Waals surface area contributed by atoms with E-state index in [0.717, 1.165) is 15.6 Å². The van der Waals surface area contributed by atoms with Gasteiger partial charge in [0, 0.05) is 4.47 Å². The molecule has 2 nitrogen and oxygen atoms in total. The Labute approximate surface area is 110 Å². The molecule has 0 aliphatic rings. The van der Waals surface area contributed by atoms with Gasteiger partial charge in [0.1, 0.15) is 11.5 Å². The van der Waals surface area contributed by atoms with Crippen LogP contribution < -0.4 is 0 Å². The number of hydrogen-bond acceptors (Lipinski definition) is 2. The molecule has 0 aromatic heterocycles. The minimum atomic E-state index is 0.315. The molecule has 0 atom stereocenters. The van der Waals surface area contributed by atoms with E-state index in [9.17, 15) is 0 Å². The highest BCUT2D eigenvalue weighted by Gasteiger charge is 1.92. The van der Waals surface area contributed by atoms with Crippen molar-refractivity contribution >= 4 is 15.9 Å². The van der Waals surface area contributed by atoms with Gasteiger partial charge in [0.25, 0.3) is 0 Å². The molecule has 0 spiro atoms. The molecule has 0 bridgehead atoms. The van der Waals surface area contributed by atoms with E-state index in [-0.39, 0.29) is 0 Å². The fourth-order valence-corrected chi connectivity index (χ4v) is 1.50. The molecule has 17 heavy (non-hydrogen) atoms. The Balaban J connectivity index is 0.000000171. The highest BCUT2D eigenvalue weighted by Crippen LogP contribution is 2.19. The van der Waals surface area contributed by atoms with Crippen LogP contribution in [0, 0.1) is 13.8 Å². The molecule has 0 radical (unpaired) electrons. The molecule has 2 rings (SSSR count). The standard InChI is InChI=1S/C7H7BrO.C7H8O/c1-5-4-6(9)2-3-7(5)8;1-6-3-2-4-7(8)5-6/h2-4,9H,1H3;2-5,8H,1H3. The molecule has 90 valence electrons. The topological polar surface area (TPSA) is 40.5 Å². The minimum Gasteiger partial charge on any atom is -0.508 e. The van der Waals surface area contributed by atoms with Crippen molar-refractivity contribution in [2.75, 3.05) is 0 Å². The molecule has 2 aromatic rings. The van der Waals surface area contributed by atoms with Crippen molar-refractivity contribution in [3.63, 3.8) is 0 Å². The van der Waals surface area contributed by atoms with E-state index in [4.69, 9.17) is 10.2 Å². The van der Waals surface area contributed by atoms with Crippen LogP contribution in [-0.2, 0) is 0 Å². The number of aryl methyl sites for hydroxylation is 2. The third-order valence-electron chi connectivity index (χ3n) is 2.14. The van der Waals surface area contributed by atoms with Gasteiger partial charge in [-0.15, -0.1) is 0 Å². The molecule has 0 aliphatic heterocycles. The summed E-state index contributed by atoms with van der Waals surface area (Å²) in [6.07, 6.45) is 0. The van der Waals surface area contributed by atoms with E-state index < -0.39 is 0 Å². The largest absolute Gasteiger partial charge is 0.508 e. The summed E-state index contributed by atoms with van der Waals surface area (Å²) in [4.78, 5) is 0. The van der Waals surface area contributed by atoms with Crippen molar-refractivity contribution in [3.05, 3.63) is 58.1 Å². The third-order valence-corrected chi connectivity index (χ3v) is 3.03. The SMILES string of the molecule is Cc1cc(O)ccc1Br.Cc1cccc(O)c1. The summed E-state index contributed by atoms with van der Waals surface area (Å²) in [7, 11) is 0. The first-order valence-electron chi connectivity index (χ1n) is 5.20.